The van der Waals surface area contributed by atoms with Gasteiger partial charge < -0.3 is 33.9 Å². The summed E-state index contributed by atoms with van der Waals surface area (Å²) < 4.78 is 30.7. The van der Waals surface area contributed by atoms with E-state index in [4.69, 9.17) is 23.7 Å². The van der Waals surface area contributed by atoms with Crippen LogP contribution in [0.15, 0.2) is 84.0 Å². The van der Waals surface area contributed by atoms with Crippen LogP contribution in [0.5, 0.6) is 11.5 Å². The molecule has 1 heterocycles. The molecule has 0 bridgehead atoms. The number of aromatic hydroxyl groups is 1. The number of rotatable bonds is 10. The summed E-state index contributed by atoms with van der Waals surface area (Å²) in [4.78, 5) is 26.8. The summed E-state index contributed by atoms with van der Waals surface area (Å²) in [6.45, 7) is 10.3. The molecule has 0 radical (unpaired) electrons. The smallest absolute Gasteiger partial charge is 0.306 e. The number of ether oxygens (including phenoxy) is 5. The van der Waals surface area contributed by atoms with Gasteiger partial charge in [0.1, 0.15) is 30.7 Å². The van der Waals surface area contributed by atoms with E-state index in [1.807, 2.05) is 49.4 Å². The number of benzene rings is 2. The Kier molecular flexibility index (Phi) is 8.95. The molecule has 0 aromatic heterocycles. The number of phenolic OH excluding ortho intramolecular Hbond substituents is 1. The monoisotopic (exact) mass is 644 g/mol. The van der Waals surface area contributed by atoms with Crippen molar-refractivity contribution in [3.63, 3.8) is 0 Å². The lowest BCUT2D eigenvalue weighted by atomic mass is 9.55. The van der Waals surface area contributed by atoms with Crippen LogP contribution in [-0.2, 0) is 41.6 Å². The van der Waals surface area contributed by atoms with E-state index in [2.05, 4.69) is 13.5 Å². The van der Waals surface area contributed by atoms with Crippen LogP contribution < -0.4 is 4.74 Å². The van der Waals surface area contributed by atoms with Gasteiger partial charge in [-0.25, -0.2) is 0 Å². The van der Waals surface area contributed by atoms with E-state index < -0.39 is 40.7 Å². The highest BCUT2D eigenvalue weighted by Gasteiger charge is 2.70. The number of hydrogen-bond donors (Lipinski definition) is 2. The van der Waals surface area contributed by atoms with Gasteiger partial charge in [0.05, 0.1) is 19.3 Å². The predicted octanol–water partition coefficient (Wildman–Crippen LogP) is 5.38. The van der Waals surface area contributed by atoms with Crippen LogP contribution in [0.4, 0.5) is 0 Å². The summed E-state index contributed by atoms with van der Waals surface area (Å²) in [7, 11) is 1.47. The van der Waals surface area contributed by atoms with Crippen molar-refractivity contribution in [3.8, 4) is 11.5 Å². The van der Waals surface area contributed by atoms with E-state index in [1.54, 1.807) is 19.1 Å². The zero-order chi connectivity index (χ0) is 33.6. The number of carbonyl (C=O) groups excluding carboxylic acids is 2. The van der Waals surface area contributed by atoms with E-state index in [-0.39, 0.29) is 50.3 Å². The second-order valence-electron chi connectivity index (χ2n) is 13.5. The molecule has 0 unspecified atom stereocenters. The summed E-state index contributed by atoms with van der Waals surface area (Å²) in [6, 6.07) is 14.8. The molecule has 2 N–H and O–H groups in total. The van der Waals surface area contributed by atoms with Crippen molar-refractivity contribution >= 4 is 11.8 Å². The molecular weight excluding hydrogens is 600 g/mol. The highest BCUT2D eigenvalue weighted by atomic mass is 16.7. The molecule has 7 atom stereocenters. The van der Waals surface area contributed by atoms with Crippen LogP contribution in [-0.4, -0.2) is 65.4 Å². The summed E-state index contributed by atoms with van der Waals surface area (Å²) in [5.41, 5.74) is 0.0768. The van der Waals surface area contributed by atoms with E-state index in [9.17, 15) is 19.8 Å². The number of methoxy groups -OCH3 is 1. The number of phenols is 1. The standard InChI is InChI=1S/C38H44O9/c1-23(2)37-18-25(4)38(46-21-27-9-7-6-8-10-27)29(35(37)45-22-47-37)16-28(19-36(42)32(38)15-24(3)34(36)41)20-44-33(40)14-12-26-11-13-30(39)31(17-26)43-5/h6-11,13,15-17,25,29,32,35,39,42H,1,12,14,18-22H2,2-5H3/t25-,29+,32-,35-,36-,37-,38-/m1/s1. The first kappa shape index (κ1) is 33.2. The molecule has 9 heteroatoms. The number of aryl methyl sites for hydroxylation is 1. The maximum absolute atomic E-state index is 13.8. The Balaban J connectivity index is 1.35. The summed E-state index contributed by atoms with van der Waals surface area (Å²) in [6.07, 6.45) is 4.36. The zero-order valence-electron chi connectivity index (χ0n) is 27.5. The molecule has 9 nitrogen and oxygen atoms in total. The number of Topliss-reactive ketones (excluding diaryl/α,β-unsaturated/α-hetero) is 1. The average Bonchev–Trinajstić information content (AvgIpc) is 3.55. The highest BCUT2D eigenvalue weighted by Crippen LogP contribution is 2.61. The van der Waals surface area contributed by atoms with Gasteiger partial charge in [0.2, 0.25) is 0 Å². The number of aliphatic hydroxyl groups is 1. The van der Waals surface area contributed by atoms with E-state index in [0.717, 1.165) is 16.7 Å². The van der Waals surface area contributed by atoms with Crippen LogP contribution in [0.2, 0.25) is 0 Å². The quantitative estimate of drug-likeness (QED) is 0.259. The molecule has 4 aliphatic rings. The molecule has 250 valence electrons. The Morgan fingerprint density at radius 1 is 1.11 bits per heavy atom. The van der Waals surface area contributed by atoms with Crippen molar-refractivity contribution in [2.45, 2.75) is 76.0 Å². The molecule has 1 saturated heterocycles. The fourth-order valence-electron chi connectivity index (χ4n) is 8.33. The van der Waals surface area contributed by atoms with Gasteiger partial charge in [-0.05, 0) is 72.6 Å². The second-order valence-corrected chi connectivity index (χ2v) is 13.5. The molecule has 2 fully saturated rings. The number of esters is 1. The van der Waals surface area contributed by atoms with Crippen LogP contribution in [0.25, 0.3) is 0 Å². The molecule has 0 amide bonds. The maximum atomic E-state index is 13.8. The van der Waals surface area contributed by atoms with E-state index >= 15 is 0 Å². The van der Waals surface area contributed by atoms with Crippen molar-refractivity contribution in [1.82, 2.24) is 0 Å². The molecule has 2 aromatic rings. The molecule has 1 saturated carbocycles. The molecule has 1 aliphatic heterocycles. The van der Waals surface area contributed by atoms with Crippen molar-refractivity contribution in [2.24, 2.45) is 17.8 Å². The van der Waals surface area contributed by atoms with Crippen molar-refractivity contribution in [3.05, 3.63) is 95.1 Å². The maximum Gasteiger partial charge on any atom is 0.306 e. The molecule has 3 aliphatic carbocycles. The predicted molar refractivity (Wildman–Crippen MR) is 173 cm³/mol. The van der Waals surface area contributed by atoms with Crippen LogP contribution in [0.3, 0.4) is 0 Å². The minimum atomic E-state index is -1.80. The Bertz CT molecular complexity index is 1610. The lowest BCUT2D eigenvalue weighted by molar-refractivity contribution is -0.228. The Labute approximate surface area is 275 Å². The first-order valence-corrected chi connectivity index (χ1v) is 16.2. The van der Waals surface area contributed by atoms with Gasteiger partial charge in [-0.15, -0.1) is 0 Å². The number of fused-ring (bicyclic) bond motifs is 5. The fourth-order valence-corrected chi connectivity index (χ4v) is 8.33. The SMILES string of the molecule is C=C(C)[C@]12C[C@@H](C)[C@@]3(OCc4ccccc4)[C@@H](C=C(COC(=O)CCc4ccc(O)c(OC)c4)C[C@]4(O)C(=O)C(C)=C[C@@H]34)[C@H]1OCO2. The molecule has 47 heavy (non-hydrogen) atoms. The van der Waals surface area contributed by atoms with Crippen LogP contribution in [0, 0.1) is 17.8 Å². The van der Waals surface area contributed by atoms with Gasteiger partial charge in [0, 0.05) is 24.7 Å². The van der Waals surface area contributed by atoms with E-state index in [0.29, 0.717) is 29.7 Å². The lowest BCUT2D eigenvalue weighted by Gasteiger charge is -2.58. The van der Waals surface area contributed by atoms with Gasteiger partial charge in [-0.2, -0.15) is 0 Å². The third-order valence-corrected chi connectivity index (χ3v) is 10.7. The highest BCUT2D eigenvalue weighted by molar-refractivity contribution is 6.04. The summed E-state index contributed by atoms with van der Waals surface area (Å²) in [5, 5.41) is 22.3. The Hall–Kier alpha value is -3.76. The average molecular weight is 645 g/mol. The van der Waals surface area contributed by atoms with Gasteiger partial charge in [-0.1, -0.05) is 62.1 Å². The third kappa shape index (κ3) is 5.63. The lowest BCUT2D eigenvalue weighted by Crippen LogP contribution is -2.68. The number of carbonyl (C=O) groups is 2. The van der Waals surface area contributed by atoms with Crippen molar-refractivity contribution in [1.29, 1.82) is 0 Å². The third-order valence-electron chi connectivity index (χ3n) is 10.7. The summed E-state index contributed by atoms with van der Waals surface area (Å²) >= 11 is 0. The topological polar surface area (TPSA) is 121 Å². The largest absolute Gasteiger partial charge is 0.504 e. The minimum Gasteiger partial charge on any atom is -0.504 e. The van der Waals surface area contributed by atoms with E-state index in [1.165, 1.54) is 13.2 Å². The molecule has 2 aromatic carbocycles. The molecule has 6 rings (SSSR count). The van der Waals surface area contributed by atoms with Gasteiger partial charge >= 0.3 is 5.97 Å². The van der Waals surface area contributed by atoms with Crippen molar-refractivity contribution < 1.29 is 43.5 Å². The van der Waals surface area contributed by atoms with Gasteiger partial charge in [0.25, 0.3) is 0 Å². The normalized spacial score (nSPS) is 32.7. The molecular formula is C38H44O9. The first-order valence-electron chi connectivity index (χ1n) is 16.2. The fraction of sp³-hybridized carbons (Fsp3) is 0.474. The van der Waals surface area contributed by atoms with Crippen LogP contribution in [0.1, 0.15) is 51.2 Å². The number of ketones is 1. The number of hydrogen-bond acceptors (Lipinski definition) is 9. The summed E-state index contributed by atoms with van der Waals surface area (Å²) in [5.74, 6) is -1.78. The Morgan fingerprint density at radius 2 is 1.87 bits per heavy atom. The van der Waals surface area contributed by atoms with Crippen LogP contribution >= 0.6 is 0 Å². The van der Waals surface area contributed by atoms with Gasteiger partial charge in [-0.3, -0.25) is 9.59 Å². The van der Waals surface area contributed by atoms with Gasteiger partial charge in [0.15, 0.2) is 17.3 Å². The molecule has 0 spiro atoms. The second kappa shape index (κ2) is 12.7. The Morgan fingerprint density at radius 3 is 2.60 bits per heavy atom. The zero-order valence-corrected chi connectivity index (χ0v) is 27.5. The first-order chi connectivity index (χ1) is 22.4. The minimum absolute atomic E-state index is 0.0138. The van der Waals surface area contributed by atoms with Crippen molar-refractivity contribution in [2.75, 3.05) is 20.5 Å².